The minimum absolute atomic E-state index is 0.0508. The first-order valence-corrected chi connectivity index (χ1v) is 6.65. The van der Waals surface area contributed by atoms with Crippen LogP contribution in [0.3, 0.4) is 0 Å². The van der Waals surface area contributed by atoms with Crippen LogP contribution >= 0.6 is 22.9 Å². The van der Waals surface area contributed by atoms with Crippen molar-refractivity contribution in [2.24, 2.45) is 0 Å². The number of nitrogens with zero attached hydrogens (tertiary/aromatic N) is 1. The van der Waals surface area contributed by atoms with Crippen molar-refractivity contribution in [3.05, 3.63) is 50.9 Å². The molecule has 0 radical (unpaired) electrons. The third kappa shape index (κ3) is 3.24. The van der Waals surface area contributed by atoms with E-state index < -0.39 is 11.7 Å². The van der Waals surface area contributed by atoms with E-state index in [4.69, 9.17) is 11.6 Å². The third-order valence-electron chi connectivity index (χ3n) is 2.56. The van der Waals surface area contributed by atoms with Gasteiger partial charge in [0, 0.05) is 11.9 Å². The fourth-order valence-electron chi connectivity index (χ4n) is 1.63. The number of rotatable bonds is 3. The maximum absolute atomic E-state index is 13.1. The molecule has 0 unspecified atom stereocenters. The minimum atomic E-state index is -0.561. The topological polar surface area (TPSA) is 40.5 Å². The number of phenols is 1. The molecular weight excluding hydrogens is 289 g/mol. The van der Waals surface area contributed by atoms with Crippen molar-refractivity contribution in [1.29, 1.82) is 0 Å². The first-order chi connectivity index (χ1) is 8.97. The van der Waals surface area contributed by atoms with E-state index in [-0.39, 0.29) is 11.3 Å². The molecule has 0 fully saturated rings. The van der Waals surface area contributed by atoms with Crippen molar-refractivity contribution >= 4 is 28.8 Å². The van der Waals surface area contributed by atoms with Gasteiger partial charge in [-0.3, -0.25) is 4.79 Å². The number of hydrogen-bond donors (Lipinski definition) is 1. The molecule has 0 aliphatic rings. The van der Waals surface area contributed by atoms with E-state index >= 15 is 0 Å². The van der Waals surface area contributed by atoms with Crippen LogP contribution in [0.1, 0.15) is 15.2 Å². The summed E-state index contributed by atoms with van der Waals surface area (Å²) in [4.78, 5) is 14.4. The number of halogens is 2. The quantitative estimate of drug-likeness (QED) is 0.942. The normalized spacial score (nSPS) is 10.5. The predicted molar refractivity (Wildman–Crippen MR) is 73.2 cm³/mol. The summed E-state index contributed by atoms with van der Waals surface area (Å²) in [6, 6.07) is 6.86. The van der Waals surface area contributed by atoms with Gasteiger partial charge in [0.1, 0.15) is 11.6 Å². The van der Waals surface area contributed by atoms with E-state index in [0.717, 1.165) is 17.0 Å². The first-order valence-electron chi connectivity index (χ1n) is 5.45. The van der Waals surface area contributed by atoms with Crippen molar-refractivity contribution in [2.45, 2.75) is 6.54 Å². The van der Waals surface area contributed by atoms with Gasteiger partial charge in [0.25, 0.3) is 5.91 Å². The van der Waals surface area contributed by atoms with E-state index in [9.17, 15) is 14.3 Å². The van der Waals surface area contributed by atoms with Gasteiger partial charge < -0.3 is 10.0 Å². The summed E-state index contributed by atoms with van der Waals surface area (Å²) in [6.07, 6.45) is 0. The second-order valence-corrected chi connectivity index (χ2v) is 5.83. The third-order valence-corrected chi connectivity index (χ3v) is 3.77. The molecule has 0 aliphatic heterocycles. The Bertz CT molecular complexity index is 614. The number of carbonyl (C=O) groups is 1. The maximum Gasteiger partial charge on any atom is 0.257 e. The lowest BCUT2D eigenvalue weighted by atomic mass is 10.1. The fraction of sp³-hybridized carbons (Fsp3) is 0.154. The van der Waals surface area contributed by atoms with Gasteiger partial charge >= 0.3 is 0 Å². The largest absolute Gasteiger partial charge is 0.507 e. The van der Waals surface area contributed by atoms with E-state index in [1.165, 1.54) is 22.3 Å². The Morgan fingerprint density at radius 2 is 2.16 bits per heavy atom. The zero-order chi connectivity index (χ0) is 14.0. The van der Waals surface area contributed by atoms with E-state index in [1.807, 2.05) is 6.07 Å². The van der Waals surface area contributed by atoms with Crippen molar-refractivity contribution < 1.29 is 14.3 Å². The number of amides is 1. The van der Waals surface area contributed by atoms with Gasteiger partial charge in [-0.15, -0.1) is 11.3 Å². The highest BCUT2D eigenvalue weighted by Gasteiger charge is 2.17. The van der Waals surface area contributed by atoms with Crippen LogP contribution in [-0.2, 0) is 6.54 Å². The highest BCUT2D eigenvalue weighted by atomic mass is 35.5. The van der Waals surface area contributed by atoms with Gasteiger partial charge in [0.15, 0.2) is 0 Å². The Morgan fingerprint density at radius 1 is 1.42 bits per heavy atom. The summed E-state index contributed by atoms with van der Waals surface area (Å²) >= 11 is 7.18. The lowest BCUT2D eigenvalue weighted by Crippen LogP contribution is -2.26. The highest BCUT2D eigenvalue weighted by molar-refractivity contribution is 7.16. The average molecular weight is 300 g/mol. The first kappa shape index (κ1) is 13.8. The summed E-state index contributed by atoms with van der Waals surface area (Å²) < 4.78 is 13.7. The number of hydrogen-bond acceptors (Lipinski definition) is 3. The number of aromatic hydroxyl groups is 1. The molecule has 3 nitrogen and oxygen atoms in total. The Labute approximate surface area is 118 Å². The van der Waals surface area contributed by atoms with Crippen molar-refractivity contribution in [3.8, 4) is 5.75 Å². The summed E-state index contributed by atoms with van der Waals surface area (Å²) in [5.41, 5.74) is -0.0508. The van der Waals surface area contributed by atoms with E-state index in [0.29, 0.717) is 10.9 Å². The van der Waals surface area contributed by atoms with Gasteiger partial charge in [0.05, 0.1) is 16.4 Å². The number of benzene rings is 1. The van der Waals surface area contributed by atoms with Crippen LogP contribution in [-0.4, -0.2) is 23.0 Å². The molecule has 0 atom stereocenters. The summed E-state index contributed by atoms with van der Waals surface area (Å²) in [6.45, 7) is 0.353. The van der Waals surface area contributed by atoms with Gasteiger partial charge in [-0.25, -0.2) is 4.39 Å². The zero-order valence-corrected chi connectivity index (χ0v) is 11.6. The predicted octanol–water partition coefficient (Wildman–Crippen LogP) is 3.52. The Balaban J connectivity index is 2.16. The zero-order valence-electron chi connectivity index (χ0n) is 10.1. The molecule has 19 heavy (non-hydrogen) atoms. The van der Waals surface area contributed by atoms with Crippen LogP contribution < -0.4 is 0 Å². The van der Waals surface area contributed by atoms with Gasteiger partial charge in [-0.1, -0.05) is 11.6 Å². The highest BCUT2D eigenvalue weighted by Crippen LogP contribution is 2.24. The van der Waals surface area contributed by atoms with Crippen LogP contribution in [0.5, 0.6) is 5.75 Å². The smallest absolute Gasteiger partial charge is 0.257 e. The van der Waals surface area contributed by atoms with Gasteiger partial charge in [-0.05, 0) is 30.3 Å². The molecule has 1 heterocycles. The summed E-state index contributed by atoms with van der Waals surface area (Å²) in [5.74, 6) is -1.24. The molecule has 100 valence electrons. The van der Waals surface area contributed by atoms with Crippen molar-refractivity contribution in [3.63, 3.8) is 0 Å². The molecule has 0 aliphatic carbocycles. The number of thiophene rings is 1. The van der Waals surface area contributed by atoms with Crippen molar-refractivity contribution in [2.75, 3.05) is 7.05 Å². The molecule has 1 aromatic heterocycles. The molecule has 6 heteroatoms. The molecule has 1 aromatic carbocycles. The maximum atomic E-state index is 13.1. The Morgan fingerprint density at radius 3 is 2.79 bits per heavy atom. The Kier molecular flexibility index (Phi) is 4.07. The van der Waals surface area contributed by atoms with Gasteiger partial charge in [-0.2, -0.15) is 0 Å². The minimum Gasteiger partial charge on any atom is -0.507 e. The lowest BCUT2D eigenvalue weighted by Gasteiger charge is -2.16. The molecular formula is C13H11ClFNO2S. The van der Waals surface area contributed by atoms with Gasteiger partial charge in [0.2, 0.25) is 0 Å². The summed E-state index contributed by atoms with van der Waals surface area (Å²) in [5, 5.41) is 9.59. The second kappa shape index (κ2) is 5.59. The molecule has 1 amide bonds. The average Bonchev–Trinajstić information content (AvgIpc) is 2.77. The second-order valence-electron chi connectivity index (χ2n) is 4.03. The molecule has 2 rings (SSSR count). The van der Waals surface area contributed by atoms with Crippen LogP contribution in [0.4, 0.5) is 4.39 Å². The van der Waals surface area contributed by atoms with Crippen LogP contribution in [0.15, 0.2) is 30.3 Å². The SMILES string of the molecule is CN(Cc1ccc(Cl)s1)C(=O)c1cc(F)ccc1O. The molecule has 0 saturated carbocycles. The fourth-order valence-corrected chi connectivity index (χ4v) is 2.77. The number of carbonyl (C=O) groups excluding carboxylic acids is 1. The van der Waals surface area contributed by atoms with E-state index in [1.54, 1.807) is 13.1 Å². The summed E-state index contributed by atoms with van der Waals surface area (Å²) in [7, 11) is 1.58. The monoisotopic (exact) mass is 299 g/mol. The molecule has 0 bridgehead atoms. The van der Waals surface area contributed by atoms with Crippen LogP contribution in [0.25, 0.3) is 0 Å². The van der Waals surface area contributed by atoms with Crippen LogP contribution in [0.2, 0.25) is 4.34 Å². The van der Waals surface area contributed by atoms with E-state index in [2.05, 4.69) is 0 Å². The van der Waals surface area contributed by atoms with Crippen molar-refractivity contribution in [1.82, 2.24) is 4.90 Å². The molecule has 2 aromatic rings. The standard InChI is InChI=1S/C13H11ClFNO2S/c1-16(7-9-3-5-12(14)19-9)13(18)10-6-8(15)2-4-11(10)17/h2-6,17H,7H2,1H3. The van der Waals surface area contributed by atoms with Crippen LogP contribution in [0, 0.1) is 5.82 Å². The molecule has 0 spiro atoms. The number of phenolic OH excluding ortho intramolecular Hbond substituents is 1. The lowest BCUT2D eigenvalue weighted by molar-refractivity contribution is 0.0783. The molecule has 0 saturated heterocycles. The Hall–Kier alpha value is -1.59. The molecule has 1 N–H and O–H groups in total.